The summed E-state index contributed by atoms with van der Waals surface area (Å²) in [7, 11) is 0. The predicted octanol–water partition coefficient (Wildman–Crippen LogP) is 1.72. The molecule has 1 aromatic heterocycles. The highest BCUT2D eigenvalue weighted by Crippen LogP contribution is 2.40. The van der Waals surface area contributed by atoms with Crippen molar-refractivity contribution in [2.45, 2.75) is 25.8 Å². The maximum absolute atomic E-state index is 5.49. The molecule has 0 N–H and O–H groups in total. The van der Waals surface area contributed by atoms with Crippen LogP contribution >= 0.6 is 11.5 Å². The van der Waals surface area contributed by atoms with Gasteiger partial charge in [-0.3, -0.25) is 9.80 Å². The van der Waals surface area contributed by atoms with Gasteiger partial charge in [-0.05, 0) is 42.1 Å². The largest absolute Gasteiger partial charge is 0.379 e. The quantitative estimate of drug-likeness (QED) is 0.844. The molecule has 3 fully saturated rings. The molecule has 5 nitrogen and oxygen atoms in total. The minimum atomic E-state index is 0.885. The Morgan fingerprint density at radius 2 is 2.09 bits per heavy atom. The SMILES string of the molecule is c1snnc1CN1C[C@H]2CCC[C@@H](CN3CCOCC3)[C@H]2C1. The summed E-state index contributed by atoms with van der Waals surface area (Å²) in [6.45, 7) is 8.90. The van der Waals surface area contributed by atoms with Gasteiger partial charge in [0.05, 0.1) is 18.9 Å². The molecule has 3 heterocycles. The number of nitrogens with zero attached hydrogens (tertiary/aromatic N) is 4. The first kappa shape index (κ1) is 15.0. The third-order valence-corrected chi connectivity index (χ3v) is 6.26. The van der Waals surface area contributed by atoms with Crippen LogP contribution in [0.15, 0.2) is 5.38 Å². The van der Waals surface area contributed by atoms with Crippen LogP contribution in [0.25, 0.3) is 0 Å². The zero-order chi connectivity index (χ0) is 14.8. The smallest absolute Gasteiger partial charge is 0.0895 e. The molecular formula is C16H26N4OS. The summed E-state index contributed by atoms with van der Waals surface area (Å²) in [5.74, 6) is 2.69. The molecule has 0 radical (unpaired) electrons. The number of ether oxygens (including phenoxy) is 1. The second kappa shape index (κ2) is 6.91. The molecular weight excluding hydrogens is 296 g/mol. The molecule has 1 aliphatic carbocycles. The predicted molar refractivity (Wildman–Crippen MR) is 86.8 cm³/mol. The summed E-state index contributed by atoms with van der Waals surface area (Å²) in [4.78, 5) is 5.24. The highest BCUT2D eigenvalue weighted by Gasteiger charge is 2.40. The lowest BCUT2D eigenvalue weighted by atomic mass is 9.73. The molecule has 3 aliphatic rings. The van der Waals surface area contributed by atoms with Crippen LogP contribution in [0.3, 0.4) is 0 Å². The maximum atomic E-state index is 5.49. The summed E-state index contributed by atoms with van der Waals surface area (Å²) >= 11 is 1.47. The molecule has 2 aliphatic heterocycles. The van der Waals surface area contributed by atoms with Crippen LogP contribution in [-0.2, 0) is 11.3 Å². The molecule has 0 spiro atoms. The fraction of sp³-hybridized carbons (Fsp3) is 0.875. The van der Waals surface area contributed by atoms with Crippen molar-refractivity contribution < 1.29 is 4.74 Å². The fourth-order valence-electron chi connectivity index (χ4n) is 4.64. The molecule has 0 amide bonds. The molecule has 0 unspecified atom stereocenters. The molecule has 0 bridgehead atoms. The van der Waals surface area contributed by atoms with Gasteiger partial charge in [0.15, 0.2) is 0 Å². The topological polar surface area (TPSA) is 41.5 Å². The lowest BCUT2D eigenvalue weighted by Crippen LogP contribution is -2.43. The average Bonchev–Trinajstić information content (AvgIpc) is 3.18. The zero-order valence-electron chi connectivity index (χ0n) is 13.2. The minimum Gasteiger partial charge on any atom is -0.379 e. The first-order chi connectivity index (χ1) is 10.9. The van der Waals surface area contributed by atoms with E-state index >= 15 is 0 Å². The van der Waals surface area contributed by atoms with Crippen molar-refractivity contribution in [3.8, 4) is 0 Å². The number of hydrogen-bond acceptors (Lipinski definition) is 6. The third kappa shape index (κ3) is 3.35. The summed E-state index contributed by atoms with van der Waals surface area (Å²) in [6.07, 6.45) is 4.27. The van der Waals surface area contributed by atoms with E-state index in [0.29, 0.717) is 0 Å². The van der Waals surface area contributed by atoms with Crippen LogP contribution in [-0.4, -0.2) is 65.3 Å². The second-order valence-electron chi connectivity index (χ2n) is 7.12. The molecule has 6 heteroatoms. The van der Waals surface area contributed by atoms with Crippen LogP contribution in [0.4, 0.5) is 0 Å². The van der Waals surface area contributed by atoms with E-state index in [1.54, 1.807) is 0 Å². The van der Waals surface area contributed by atoms with Crippen LogP contribution in [0.2, 0.25) is 0 Å². The van der Waals surface area contributed by atoms with E-state index in [-0.39, 0.29) is 0 Å². The number of aromatic nitrogens is 2. The van der Waals surface area contributed by atoms with E-state index in [1.165, 1.54) is 50.4 Å². The second-order valence-corrected chi connectivity index (χ2v) is 7.73. The average molecular weight is 322 g/mol. The highest BCUT2D eigenvalue weighted by atomic mass is 32.1. The molecule has 3 atom stereocenters. The van der Waals surface area contributed by atoms with E-state index in [1.807, 2.05) is 0 Å². The van der Waals surface area contributed by atoms with E-state index in [9.17, 15) is 0 Å². The van der Waals surface area contributed by atoms with Gasteiger partial charge in [0.25, 0.3) is 0 Å². The van der Waals surface area contributed by atoms with Crippen molar-refractivity contribution >= 4 is 11.5 Å². The summed E-state index contributed by atoms with van der Waals surface area (Å²) in [5.41, 5.74) is 1.15. The fourth-order valence-corrected chi connectivity index (χ4v) is 5.08. The highest BCUT2D eigenvalue weighted by molar-refractivity contribution is 7.03. The number of morpholine rings is 1. The molecule has 0 aromatic carbocycles. The lowest BCUT2D eigenvalue weighted by molar-refractivity contribution is 0.0192. The van der Waals surface area contributed by atoms with Gasteiger partial charge in [0.2, 0.25) is 0 Å². The number of likely N-dealkylation sites (tertiary alicyclic amines) is 1. The Hall–Kier alpha value is -0.560. The Balaban J connectivity index is 1.36. The maximum Gasteiger partial charge on any atom is 0.0895 e. The monoisotopic (exact) mass is 322 g/mol. The van der Waals surface area contributed by atoms with Gasteiger partial charge in [-0.15, -0.1) is 5.10 Å². The van der Waals surface area contributed by atoms with Crippen molar-refractivity contribution in [3.05, 3.63) is 11.1 Å². The Labute approximate surface area is 136 Å². The van der Waals surface area contributed by atoms with Gasteiger partial charge in [-0.25, -0.2) is 0 Å². The number of hydrogen-bond donors (Lipinski definition) is 0. The van der Waals surface area contributed by atoms with Gasteiger partial charge in [-0.2, -0.15) is 0 Å². The summed E-state index contributed by atoms with van der Waals surface area (Å²) in [6, 6.07) is 0. The normalized spacial score (nSPS) is 33.9. The molecule has 1 aromatic rings. The van der Waals surface area contributed by atoms with Crippen molar-refractivity contribution in [2.75, 3.05) is 45.9 Å². The van der Waals surface area contributed by atoms with Crippen LogP contribution in [0, 0.1) is 17.8 Å². The molecule has 1 saturated carbocycles. The van der Waals surface area contributed by atoms with Crippen molar-refractivity contribution in [2.24, 2.45) is 17.8 Å². The van der Waals surface area contributed by atoms with E-state index in [2.05, 4.69) is 24.8 Å². The van der Waals surface area contributed by atoms with Crippen LogP contribution in [0.1, 0.15) is 25.0 Å². The Bertz CT molecular complexity index is 463. The molecule has 122 valence electrons. The first-order valence-electron chi connectivity index (χ1n) is 8.67. The van der Waals surface area contributed by atoms with Gasteiger partial charge in [0.1, 0.15) is 0 Å². The zero-order valence-corrected chi connectivity index (χ0v) is 14.0. The number of rotatable bonds is 4. The van der Waals surface area contributed by atoms with Gasteiger partial charge >= 0.3 is 0 Å². The van der Waals surface area contributed by atoms with Gasteiger partial charge in [0, 0.05) is 44.6 Å². The minimum absolute atomic E-state index is 0.885. The Morgan fingerprint density at radius 3 is 2.91 bits per heavy atom. The van der Waals surface area contributed by atoms with Crippen molar-refractivity contribution in [1.82, 2.24) is 19.4 Å². The van der Waals surface area contributed by atoms with Gasteiger partial charge in [-0.1, -0.05) is 10.9 Å². The first-order valence-corrected chi connectivity index (χ1v) is 9.50. The van der Waals surface area contributed by atoms with E-state index < -0.39 is 0 Å². The van der Waals surface area contributed by atoms with Gasteiger partial charge < -0.3 is 4.74 Å². The molecule has 2 saturated heterocycles. The van der Waals surface area contributed by atoms with Crippen molar-refractivity contribution in [3.63, 3.8) is 0 Å². The number of fused-ring (bicyclic) bond motifs is 1. The van der Waals surface area contributed by atoms with E-state index in [0.717, 1.165) is 56.3 Å². The Morgan fingerprint density at radius 1 is 1.18 bits per heavy atom. The summed E-state index contributed by atoms with van der Waals surface area (Å²) in [5, 5.41) is 6.30. The third-order valence-electron chi connectivity index (χ3n) is 5.71. The Kier molecular flexibility index (Phi) is 4.71. The molecule has 4 rings (SSSR count). The van der Waals surface area contributed by atoms with Crippen LogP contribution < -0.4 is 0 Å². The van der Waals surface area contributed by atoms with Crippen molar-refractivity contribution in [1.29, 1.82) is 0 Å². The molecule has 22 heavy (non-hydrogen) atoms. The standard InChI is InChI=1S/C16H26N4OS/c1-2-13(8-19-4-6-21-7-5-19)16-11-20(9-14(16)3-1)10-15-12-22-18-17-15/h12-14,16H,1-11H2/t13-,14+,16+/m0/s1. The summed E-state index contributed by atoms with van der Waals surface area (Å²) < 4.78 is 9.48. The van der Waals surface area contributed by atoms with E-state index in [4.69, 9.17) is 4.74 Å². The lowest BCUT2D eigenvalue weighted by Gasteiger charge is -2.37. The van der Waals surface area contributed by atoms with Crippen LogP contribution in [0.5, 0.6) is 0 Å².